The van der Waals surface area contributed by atoms with Crippen molar-refractivity contribution >= 4 is 5.97 Å². The highest BCUT2D eigenvalue weighted by atomic mass is 16.5. The van der Waals surface area contributed by atoms with Gasteiger partial charge in [0.15, 0.2) is 0 Å². The second-order valence-electron chi connectivity index (χ2n) is 7.09. The molecule has 6 heteroatoms. The second-order valence-corrected chi connectivity index (χ2v) is 7.09. The molecule has 0 aromatic heterocycles. The number of piperazine rings is 1. The number of hydrogen-bond acceptors (Lipinski definition) is 6. The van der Waals surface area contributed by atoms with Gasteiger partial charge < -0.3 is 10.1 Å². The van der Waals surface area contributed by atoms with Gasteiger partial charge in [-0.05, 0) is 27.7 Å². The Labute approximate surface area is 133 Å². The number of nitriles is 1. The molecule has 2 saturated heterocycles. The summed E-state index contributed by atoms with van der Waals surface area (Å²) in [5, 5.41) is 12.7. The Morgan fingerprint density at radius 3 is 2.91 bits per heavy atom. The third-order valence-corrected chi connectivity index (χ3v) is 4.91. The van der Waals surface area contributed by atoms with Crippen molar-refractivity contribution < 1.29 is 9.53 Å². The SMILES string of the molecule is CCOC(=O)C(C)(C)CN1CC2CNCCN2[C@]1(C)CC#N. The summed E-state index contributed by atoms with van der Waals surface area (Å²) >= 11 is 0. The molecule has 2 aliphatic heterocycles. The Hall–Kier alpha value is -1.16. The van der Waals surface area contributed by atoms with E-state index in [1.54, 1.807) is 0 Å². The third kappa shape index (κ3) is 3.12. The first-order valence-electron chi connectivity index (χ1n) is 8.12. The molecule has 2 fully saturated rings. The first kappa shape index (κ1) is 17.2. The Kier molecular flexibility index (Phi) is 5.10. The highest BCUT2D eigenvalue weighted by Gasteiger charge is 2.51. The number of nitrogens with zero attached hydrogens (tertiary/aromatic N) is 3. The van der Waals surface area contributed by atoms with Crippen molar-refractivity contribution in [3.8, 4) is 6.07 Å². The fourth-order valence-electron chi connectivity index (χ4n) is 3.66. The lowest BCUT2D eigenvalue weighted by molar-refractivity contribution is -0.155. The van der Waals surface area contributed by atoms with Gasteiger partial charge >= 0.3 is 5.97 Å². The van der Waals surface area contributed by atoms with Gasteiger partial charge in [0.05, 0.1) is 30.2 Å². The molecule has 0 aliphatic carbocycles. The van der Waals surface area contributed by atoms with Crippen molar-refractivity contribution in [2.45, 2.75) is 45.8 Å². The molecule has 0 aromatic rings. The standard InChI is InChI=1S/C16H28N4O2/c1-5-22-14(21)15(2,3)12-19-11-13-10-18-8-9-20(13)16(19,4)6-7-17/h13,18H,5-6,8-12H2,1-4H3/t13?,16-/m1/s1. The fraction of sp³-hybridized carbons (Fsp3) is 0.875. The van der Waals surface area contributed by atoms with Crippen LogP contribution >= 0.6 is 0 Å². The molecule has 0 aromatic carbocycles. The van der Waals surface area contributed by atoms with Crippen LogP contribution in [-0.2, 0) is 9.53 Å². The minimum absolute atomic E-state index is 0.169. The predicted molar refractivity (Wildman–Crippen MR) is 84.0 cm³/mol. The molecule has 0 spiro atoms. The van der Waals surface area contributed by atoms with E-state index in [0.717, 1.165) is 26.2 Å². The number of hydrogen-bond donors (Lipinski definition) is 1. The smallest absolute Gasteiger partial charge is 0.312 e. The lowest BCUT2D eigenvalue weighted by atomic mass is 9.91. The zero-order chi connectivity index (χ0) is 16.4. The number of carbonyl (C=O) groups excluding carboxylic acids is 1. The molecular weight excluding hydrogens is 280 g/mol. The van der Waals surface area contributed by atoms with Crippen LogP contribution in [0.15, 0.2) is 0 Å². The van der Waals surface area contributed by atoms with E-state index in [2.05, 4.69) is 28.1 Å². The lowest BCUT2D eigenvalue weighted by Gasteiger charge is -2.44. The van der Waals surface area contributed by atoms with E-state index in [-0.39, 0.29) is 11.6 Å². The number of rotatable bonds is 5. The van der Waals surface area contributed by atoms with Gasteiger partial charge in [0, 0.05) is 38.8 Å². The molecule has 1 unspecified atom stereocenters. The van der Waals surface area contributed by atoms with Crippen LogP contribution in [0.5, 0.6) is 0 Å². The molecule has 0 saturated carbocycles. The van der Waals surface area contributed by atoms with Crippen LogP contribution in [0, 0.1) is 16.7 Å². The average molecular weight is 308 g/mol. The van der Waals surface area contributed by atoms with E-state index in [9.17, 15) is 10.1 Å². The van der Waals surface area contributed by atoms with Gasteiger partial charge in [-0.15, -0.1) is 0 Å². The topological polar surface area (TPSA) is 68.6 Å². The van der Waals surface area contributed by atoms with Gasteiger partial charge in [-0.3, -0.25) is 14.6 Å². The maximum absolute atomic E-state index is 12.2. The van der Waals surface area contributed by atoms with Crippen molar-refractivity contribution in [3.63, 3.8) is 0 Å². The van der Waals surface area contributed by atoms with E-state index >= 15 is 0 Å². The largest absolute Gasteiger partial charge is 0.466 e. The van der Waals surface area contributed by atoms with Crippen LogP contribution in [0.2, 0.25) is 0 Å². The molecule has 2 aliphatic rings. The van der Waals surface area contributed by atoms with Crippen molar-refractivity contribution in [3.05, 3.63) is 0 Å². The zero-order valence-corrected chi connectivity index (χ0v) is 14.2. The van der Waals surface area contributed by atoms with Crippen LogP contribution in [-0.4, -0.2) is 66.8 Å². The molecule has 124 valence electrons. The molecule has 2 rings (SSSR count). The minimum Gasteiger partial charge on any atom is -0.466 e. The summed E-state index contributed by atoms with van der Waals surface area (Å²) in [6.07, 6.45) is 0.447. The van der Waals surface area contributed by atoms with Crippen LogP contribution in [0.1, 0.15) is 34.1 Å². The van der Waals surface area contributed by atoms with Crippen molar-refractivity contribution in [1.29, 1.82) is 5.26 Å². The number of carbonyl (C=O) groups is 1. The van der Waals surface area contributed by atoms with Crippen molar-refractivity contribution in [1.82, 2.24) is 15.1 Å². The first-order valence-corrected chi connectivity index (χ1v) is 8.12. The van der Waals surface area contributed by atoms with Crippen LogP contribution in [0.4, 0.5) is 0 Å². The van der Waals surface area contributed by atoms with E-state index in [0.29, 0.717) is 25.6 Å². The molecule has 0 amide bonds. The molecule has 1 N–H and O–H groups in total. The first-order chi connectivity index (χ1) is 10.3. The Bertz CT molecular complexity index is 460. The average Bonchev–Trinajstić information content (AvgIpc) is 2.72. The molecule has 0 bridgehead atoms. The quantitative estimate of drug-likeness (QED) is 0.758. The summed E-state index contributed by atoms with van der Waals surface area (Å²) < 4.78 is 5.21. The third-order valence-electron chi connectivity index (χ3n) is 4.91. The van der Waals surface area contributed by atoms with Crippen LogP contribution in [0.3, 0.4) is 0 Å². The zero-order valence-electron chi connectivity index (χ0n) is 14.2. The Morgan fingerprint density at radius 2 is 2.27 bits per heavy atom. The molecular formula is C16H28N4O2. The van der Waals surface area contributed by atoms with E-state index in [1.165, 1.54) is 0 Å². The lowest BCUT2D eigenvalue weighted by Crippen LogP contribution is -2.58. The summed E-state index contributed by atoms with van der Waals surface area (Å²) in [7, 11) is 0. The summed E-state index contributed by atoms with van der Waals surface area (Å²) in [5.41, 5.74) is -0.875. The number of fused-ring (bicyclic) bond motifs is 1. The Morgan fingerprint density at radius 1 is 1.55 bits per heavy atom. The second kappa shape index (κ2) is 6.53. The molecule has 6 nitrogen and oxygen atoms in total. The highest BCUT2D eigenvalue weighted by molar-refractivity contribution is 5.76. The normalized spacial score (nSPS) is 29.9. The van der Waals surface area contributed by atoms with Gasteiger partial charge in [-0.25, -0.2) is 0 Å². The van der Waals surface area contributed by atoms with E-state index in [4.69, 9.17) is 4.74 Å². The van der Waals surface area contributed by atoms with Gasteiger partial charge in [-0.1, -0.05) is 0 Å². The summed E-state index contributed by atoms with van der Waals surface area (Å²) in [4.78, 5) is 16.9. The number of nitrogens with one attached hydrogen (secondary N) is 1. The molecule has 22 heavy (non-hydrogen) atoms. The number of esters is 1. The highest BCUT2D eigenvalue weighted by Crippen LogP contribution is 2.36. The molecule has 2 heterocycles. The van der Waals surface area contributed by atoms with Crippen LogP contribution in [0.25, 0.3) is 0 Å². The van der Waals surface area contributed by atoms with E-state index < -0.39 is 5.41 Å². The molecule has 2 atom stereocenters. The van der Waals surface area contributed by atoms with E-state index in [1.807, 2.05) is 20.8 Å². The maximum atomic E-state index is 12.2. The Balaban J connectivity index is 2.18. The minimum atomic E-state index is -0.575. The van der Waals surface area contributed by atoms with Crippen LogP contribution < -0.4 is 5.32 Å². The van der Waals surface area contributed by atoms with Crippen molar-refractivity contribution in [2.75, 3.05) is 39.3 Å². The fourth-order valence-corrected chi connectivity index (χ4v) is 3.66. The summed E-state index contributed by atoms with van der Waals surface area (Å²) in [5.74, 6) is -0.169. The monoisotopic (exact) mass is 308 g/mol. The number of ether oxygens (including phenoxy) is 1. The summed E-state index contributed by atoms with van der Waals surface area (Å²) in [6.45, 7) is 12.5. The van der Waals surface area contributed by atoms with Gasteiger partial charge in [-0.2, -0.15) is 5.26 Å². The molecule has 0 radical (unpaired) electrons. The summed E-state index contributed by atoms with van der Waals surface area (Å²) in [6, 6.07) is 2.74. The predicted octanol–water partition coefficient (Wildman–Crippen LogP) is 0.795. The van der Waals surface area contributed by atoms with Crippen molar-refractivity contribution in [2.24, 2.45) is 5.41 Å². The maximum Gasteiger partial charge on any atom is 0.312 e. The van der Waals surface area contributed by atoms with Gasteiger partial charge in [0.25, 0.3) is 0 Å². The van der Waals surface area contributed by atoms with Gasteiger partial charge in [0.1, 0.15) is 0 Å². The van der Waals surface area contributed by atoms with Gasteiger partial charge in [0.2, 0.25) is 0 Å².